The van der Waals surface area contributed by atoms with Crippen LogP contribution in [0.2, 0.25) is 10.0 Å². The quantitative estimate of drug-likeness (QED) is 0.724. The number of benzene rings is 1. The number of halogens is 2. The zero-order valence-corrected chi connectivity index (χ0v) is 9.70. The van der Waals surface area contributed by atoms with Crippen LogP contribution in [0.3, 0.4) is 0 Å². The second kappa shape index (κ2) is 5.37. The van der Waals surface area contributed by atoms with Gasteiger partial charge in [0.25, 0.3) is 0 Å². The Morgan fingerprint density at radius 2 is 1.81 bits per heavy atom. The molecule has 4 nitrogen and oxygen atoms in total. The summed E-state index contributed by atoms with van der Waals surface area (Å²) < 4.78 is 0. The highest BCUT2D eigenvalue weighted by Gasteiger charge is 2.23. The Morgan fingerprint density at radius 3 is 2.25 bits per heavy atom. The third kappa shape index (κ3) is 2.77. The molecule has 0 bridgehead atoms. The number of rotatable bonds is 3. The summed E-state index contributed by atoms with van der Waals surface area (Å²) in [6.45, 7) is 0. The zero-order chi connectivity index (χ0) is 12.3. The maximum absolute atomic E-state index is 9.76. The van der Waals surface area contributed by atoms with Gasteiger partial charge in [-0.25, -0.2) is 0 Å². The van der Waals surface area contributed by atoms with Crippen LogP contribution in [0.1, 0.15) is 18.1 Å². The summed E-state index contributed by atoms with van der Waals surface area (Å²) in [6, 6.07) is 4.59. The molecule has 86 valence electrons. The second-order valence-corrected chi connectivity index (χ2v) is 4.09. The largest absolute Gasteiger partial charge is 0.399 e. The van der Waals surface area contributed by atoms with E-state index in [9.17, 15) is 10.2 Å². The fourth-order valence-corrected chi connectivity index (χ4v) is 2.01. The number of hydrogen-bond acceptors (Lipinski definition) is 4. The molecule has 1 rings (SSSR count). The molecule has 16 heavy (non-hydrogen) atoms. The molecule has 2 unspecified atom stereocenters. The smallest absolute Gasteiger partial charge is 0.109 e. The zero-order valence-electron chi connectivity index (χ0n) is 8.19. The van der Waals surface area contributed by atoms with Crippen LogP contribution in [0.5, 0.6) is 0 Å². The summed E-state index contributed by atoms with van der Waals surface area (Å²) in [5.41, 5.74) is 6.04. The molecule has 1 aromatic carbocycles. The highest BCUT2D eigenvalue weighted by molar-refractivity contribution is 6.36. The molecule has 0 radical (unpaired) electrons. The van der Waals surface area contributed by atoms with Gasteiger partial charge in [-0.3, -0.25) is 0 Å². The average Bonchev–Trinajstić information content (AvgIpc) is 2.16. The number of nitriles is 1. The summed E-state index contributed by atoms with van der Waals surface area (Å²) in [6.07, 6.45) is -2.75. The lowest BCUT2D eigenvalue weighted by Gasteiger charge is -2.18. The van der Waals surface area contributed by atoms with E-state index in [0.29, 0.717) is 5.69 Å². The van der Waals surface area contributed by atoms with Gasteiger partial charge in [0, 0.05) is 21.3 Å². The van der Waals surface area contributed by atoms with E-state index >= 15 is 0 Å². The van der Waals surface area contributed by atoms with E-state index in [0.717, 1.165) is 0 Å². The molecule has 0 fully saturated rings. The van der Waals surface area contributed by atoms with Gasteiger partial charge < -0.3 is 15.9 Å². The van der Waals surface area contributed by atoms with Crippen molar-refractivity contribution in [3.8, 4) is 6.07 Å². The van der Waals surface area contributed by atoms with Crippen molar-refractivity contribution in [3.63, 3.8) is 0 Å². The summed E-state index contributed by atoms with van der Waals surface area (Å²) in [4.78, 5) is 0. The van der Waals surface area contributed by atoms with Crippen LogP contribution >= 0.6 is 23.2 Å². The third-order valence-corrected chi connectivity index (χ3v) is 2.69. The van der Waals surface area contributed by atoms with E-state index in [1.54, 1.807) is 6.07 Å². The average molecular weight is 261 g/mol. The molecule has 2 atom stereocenters. The Balaban J connectivity index is 3.09. The molecule has 6 heteroatoms. The number of aliphatic hydroxyl groups excluding tert-OH is 2. The molecule has 0 aliphatic heterocycles. The Labute approximate surface area is 103 Å². The van der Waals surface area contributed by atoms with E-state index in [4.69, 9.17) is 34.2 Å². The first-order valence-corrected chi connectivity index (χ1v) is 5.20. The van der Waals surface area contributed by atoms with Gasteiger partial charge in [-0.05, 0) is 12.1 Å². The first-order chi connectivity index (χ1) is 7.47. The van der Waals surface area contributed by atoms with Crippen LogP contribution < -0.4 is 5.73 Å². The van der Waals surface area contributed by atoms with Crippen molar-refractivity contribution < 1.29 is 10.2 Å². The molecule has 0 spiro atoms. The maximum atomic E-state index is 9.76. The first kappa shape index (κ1) is 13.1. The fraction of sp³-hybridized carbons (Fsp3) is 0.300. The highest BCUT2D eigenvalue weighted by Crippen LogP contribution is 2.34. The SMILES string of the molecule is N#CCC(O)C(O)c1c(Cl)cc(N)cc1Cl. The Morgan fingerprint density at radius 1 is 1.31 bits per heavy atom. The van der Waals surface area contributed by atoms with E-state index in [2.05, 4.69) is 0 Å². The van der Waals surface area contributed by atoms with Crippen LogP contribution in [-0.2, 0) is 0 Å². The van der Waals surface area contributed by atoms with Gasteiger partial charge in [-0.15, -0.1) is 0 Å². The first-order valence-electron chi connectivity index (χ1n) is 4.45. The Hall–Kier alpha value is -0.990. The number of nitrogens with zero attached hydrogens (tertiary/aromatic N) is 1. The van der Waals surface area contributed by atoms with Crippen LogP contribution in [0, 0.1) is 11.3 Å². The predicted molar refractivity (Wildman–Crippen MR) is 62.1 cm³/mol. The molecule has 0 saturated carbocycles. The molecule has 0 aliphatic carbocycles. The molecule has 0 heterocycles. The summed E-state index contributed by atoms with van der Waals surface area (Å²) in [5.74, 6) is 0. The van der Waals surface area contributed by atoms with Gasteiger partial charge >= 0.3 is 0 Å². The lowest BCUT2D eigenvalue weighted by Crippen LogP contribution is -2.18. The van der Waals surface area contributed by atoms with E-state index in [1.807, 2.05) is 0 Å². The lowest BCUT2D eigenvalue weighted by molar-refractivity contribution is 0.0217. The van der Waals surface area contributed by atoms with Gasteiger partial charge in [0.05, 0.1) is 18.6 Å². The Kier molecular flexibility index (Phi) is 4.39. The van der Waals surface area contributed by atoms with E-state index in [1.165, 1.54) is 12.1 Å². The van der Waals surface area contributed by atoms with Crippen molar-refractivity contribution in [2.45, 2.75) is 18.6 Å². The van der Waals surface area contributed by atoms with Crippen LogP contribution in [0.4, 0.5) is 5.69 Å². The predicted octanol–water partition coefficient (Wildman–Crippen LogP) is 1.88. The summed E-state index contributed by atoms with van der Waals surface area (Å²) in [7, 11) is 0. The van der Waals surface area contributed by atoms with Crippen LogP contribution in [-0.4, -0.2) is 16.3 Å². The summed E-state index contributed by atoms with van der Waals surface area (Å²) >= 11 is 11.7. The maximum Gasteiger partial charge on any atom is 0.109 e. The van der Waals surface area contributed by atoms with Crippen LogP contribution in [0.25, 0.3) is 0 Å². The van der Waals surface area contributed by atoms with Crippen molar-refractivity contribution in [1.29, 1.82) is 5.26 Å². The van der Waals surface area contributed by atoms with E-state index < -0.39 is 12.2 Å². The minimum Gasteiger partial charge on any atom is -0.399 e. The van der Waals surface area contributed by atoms with E-state index in [-0.39, 0.29) is 22.0 Å². The van der Waals surface area contributed by atoms with Crippen molar-refractivity contribution in [2.24, 2.45) is 0 Å². The van der Waals surface area contributed by atoms with Crippen LogP contribution in [0.15, 0.2) is 12.1 Å². The molecule has 0 saturated heterocycles. The minimum atomic E-state index is -1.31. The molecule has 4 N–H and O–H groups in total. The molecular weight excluding hydrogens is 251 g/mol. The van der Waals surface area contributed by atoms with Gasteiger partial charge in [-0.2, -0.15) is 5.26 Å². The van der Waals surface area contributed by atoms with Crippen molar-refractivity contribution in [3.05, 3.63) is 27.7 Å². The topological polar surface area (TPSA) is 90.3 Å². The summed E-state index contributed by atoms with van der Waals surface area (Å²) in [5, 5.41) is 28.0. The fourth-order valence-electron chi connectivity index (χ4n) is 1.28. The van der Waals surface area contributed by atoms with Gasteiger partial charge in [-0.1, -0.05) is 23.2 Å². The normalized spacial score (nSPS) is 14.2. The third-order valence-electron chi connectivity index (χ3n) is 2.06. The monoisotopic (exact) mass is 260 g/mol. The number of anilines is 1. The standard InChI is InChI=1S/C10H10Cl2N2O2/c11-6-3-5(14)4-7(12)9(6)10(16)8(15)1-2-13/h3-4,8,10,15-16H,1,14H2. The molecule has 0 amide bonds. The Bertz CT molecular complexity index is 408. The van der Waals surface area contributed by atoms with Crippen molar-refractivity contribution in [1.82, 2.24) is 0 Å². The van der Waals surface area contributed by atoms with Gasteiger partial charge in [0.1, 0.15) is 6.10 Å². The number of nitrogen functional groups attached to an aromatic ring is 1. The highest BCUT2D eigenvalue weighted by atomic mass is 35.5. The number of hydrogen-bond donors (Lipinski definition) is 3. The van der Waals surface area contributed by atoms with Gasteiger partial charge in [0.2, 0.25) is 0 Å². The van der Waals surface area contributed by atoms with Gasteiger partial charge in [0.15, 0.2) is 0 Å². The van der Waals surface area contributed by atoms with Crippen molar-refractivity contribution in [2.75, 3.05) is 5.73 Å². The second-order valence-electron chi connectivity index (χ2n) is 3.27. The minimum absolute atomic E-state index is 0.162. The lowest BCUT2D eigenvalue weighted by atomic mass is 10.0. The molecule has 1 aromatic rings. The molecule has 0 aromatic heterocycles. The van der Waals surface area contributed by atoms with Crippen molar-refractivity contribution >= 4 is 28.9 Å². The molecule has 0 aliphatic rings. The number of aliphatic hydroxyl groups is 2. The molecular formula is C10H10Cl2N2O2. The number of nitrogens with two attached hydrogens (primary N) is 1.